The van der Waals surface area contributed by atoms with E-state index in [1.54, 1.807) is 45.0 Å². The number of aromatic carboxylic acids is 2. The maximum atomic E-state index is 12.6. The Morgan fingerprint density at radius 2 is 1.14 bits per heavy atom. The van der Waals surface area contributed by atoms with E-state index in [0.717, 1.165) is 11.1 Å². The van der Waals surface area contributed by atoms with Crippen molar-refractivity contribution in [3.8, 4) is 0 Å². The van der Waals surface area contributed by atoms with Crippen LogP contribution in [0.3, 0.4) is 0 Å². The molecule has 0 aliphatic heterocycles. The molecular weight excluding hydrogens is 362 g/mol. The third-order valence-electron chi connectivity index (χ3n) is 3.80. The van der Waals surface area contributed by atoms with Crippen LogP contribution in [0.4, 0.5) is 4.79 Å². The summed E-state index contributed by atoms with van der Waals surface area (Å²) in [4.78, 5) is 36.1. The lowest BCUT2D eigenvalue weighted by atomic mass is 10.1. The van der Waals surface area contributed by atoms with Gasteiger partial charge in [-0.15, -0.1) is 0 Å². The average molecular weight is 385 g/mol. The van der Waals surface area contributed by atoms with Crippen LogP contribution in [0.1, 0.15) is 52.6 Å². The third kappa shape index (κ3) is 6.12. The first-order chi connectivity index (χ1) is 13.0. The second kappa shape index (κ2) is 8.56. The van der Waals surface area contributed by atoms with E-state index >= 15 is 0 Å². The molecule has 0 atom stereocenters. The molecular formula is C21H23NO6. The number of carbonyl (C=O) groups excluding carboxylic acids is 1. The summed E-state index contributed by atoms with van der Waals surface area (Å²) in [7, 11) is 0. The molecule has 2 N–H and O–H groups in total. The van der Waals surface area contributed by atoms with Crippen molar-refractivity contribution < 1.29 is 29.3 Å². The largest absolute Gasteiger partial charge is 0.478 e. The molecule has 148 valence electrons. The van der Waals surface area contributed by atoms with E-state index in [2.05, 4.69) is 0 Å². The molecule has 2 aromatic rings. The lowest BCUT2D eigenvalue weighted by Crippen LogP contribution is -2.36. The molecule has 2 rings (SSSR count). The number of benzene rings is 2. The van der Waals surface area contributed by atoms with Gasteiger partial charge in [-0.2, -0.15) is 0 Å². The Hall–Kier alpha value is -3.35. The van der Waals surface area contributed by atoms with E-state index in [-0.39, 0.29) is 24.2 Å². The molecule has 7 heteroatoms. The van der Waals surface area contributed by atoms with Gasteiger partial charge in [-0.05, 0) is 56.2 Å². The Balaban J connectivity index is 2.21. The van der Waals surface area contributed by atoms with Gasteiger partial charge in [0.05, 0.1) is 11.1 Å². The summed E-state index contributed by atoms with van der Waals surface area (Å²) < 4.78 is 5.47. The number of amides is 1. The van der Waals surface area contributed by atoms with E-state index in [9.17, 15) is 14.4 Å². The molecule has 0 aliphatic rings. The lowest BCUT2D eigenvalue weighted by Gasteiger charge is -2.27. The summed E-state index contributed by atoms with van der Waals surface area (Å²) >= 11 is 0. The monoisotopic (exact) mass is 385 g/mol. The van der Waals surface area contributed by atoms with E-state index in [1.807, 2.05) is 0 Å². The summed E-state index contributed by atoms with van der Waals surface area (Å²) in [5, 5.41) is 18.0. The Morgan fingerprint density at radius 1 is 0.786 bits per heavy atom. The smallest absolute Gasteiger partial charge is 0.410 e. The fourth-order valence-electron chi connectivity index (χ4n) is 2.46. The molecule has 2 aromatic carbocycles. The number of rotatable bonds is 6. The molecule has 0 heterocycles. The Morgan fingerprint density at radius 3 is 1.43 bits per heavy atom. The molecule has 0 saturated heterocycles. The molecule has 0 radical (unpaired) electrons. The summed E-state index contributed by atoms with van der Waals surface area (Å²) in [5.41, 5.74) is 1.15. The standard InChI is InChI=1S/C21H23NO6/c1-21(2,3)28-20(27)22(12-14-4-8-16(9-5-14)18(23)24)13-15-6-10-17(11-7-15)19(25)26/h4-11H,12-13H2,1-3H3,(H,23,24)(H,25,26). The molecule has 0 spiro atoms. The highest BCUT2D eigenvalue weighted by atomic mass is 16.6. The van der Waals surface area contributed by atoms with Crippen LogP contribution < -0.4 is 0 Å². The van der Waals surface area contributed by atoms with Crippen molar-refractivity contribution in [1.82, 2.24) is 4.90 Å². The van der Waals surface area contributed by atoms with Gasteiger partial charge in [0.1, 0.15) is 5.60 Å². The second-order valence-corrected chi connectivity index (χ2v) is 7.34. The highest BCUT2D eigenvalue weighted by molar-refractivity contribution is 5.88. The van der Waals surface area contributed by atoms with Crippen molar-refractivity contribution in [2.24, 2.45) is 0 Å². The number of hydrogen-bond donors (Lipinski definition) is 2. The molecule has 0 aromatic heterocycles. The number of ether oxygens (including phenoxy) is 1. The van der Waals surface area contributed by atoms with Gasteiger partial charge in [-0.3, -0.25) is 4.90 Å². The first-order valence-corrected chi connectivity index (χ1v) is 8.67. The maximum Gasteiger partial charge on any atom is 0.410 e. The van der Waals surface area contributed by atoms with E-state index in [4.69, 9.17) is 14.9 Å². The van der Waals surface area contributed by atoms with Crippen molar-refractivity contribution in [1.29, 1.82) is 0 Å². The Labute approximate surface area is 163 Å². The minimum absolute atomic E-state index is 0.164. The maximum absolute atomic E-state index is 12.6. The highest BCUT2D eigenvalue weighted by Crippen LogP contribution is 2.17. The van der Waals surface area contributed by atoms with E-state index < -0.39 is 23.6 Å². The zero-order valence-electron chi connectivity index (χ0n) is 16.0. The molecule has 0 aliphatic carbocycles. The quantitative estimate of drug-likeness (QED) is 0.778. The second-order valence-electron chi connectivity index (χ2n) is 7.34. The normalized spacial score (nSPS) is 11.0. The summed E-state index contributed by atoms with van der Waals surface area (Å²) in [6.07, 6.45) is -0.517. The number of hydrogen-bond acceptors (Lipinski definition) is 4. The van der Waals surface area contributed by atoms with Crippen molar-refractivity contribution in [3.63, 3.8) is 0 Å². The summed E-state index contributed by atoms with van der Waals surface area (Å²) in [6.45, 7) is 5.75. The van der Waals surface area contributed by atoms with Gasteiger partial charge < -0.3 is 14.9 Å². The fourth-order valence-corrected chi connectivity index (χ4v) is 2.46. The number of carbonyl (C=O) groups is 3. The van der Waals surface area contributed by atoms with Crippen LogP contribution in [0.15, 0.2) is 48.5 Å². The Kier molecular flexibility index (Phi) is 6.41. The van der Waals surface area contributed by atoms with Crippen molar-refractivity contribution in [2.75, 3.05) is 0 Å². The molecule has 0 unspecified atom stereocenters. The van der Waals surface area contributed by atoms with Crippen molar-refractivity contribution in [2.45, 2.75) is 39.5 Å². The predicted molar refractivity (Wildman–Crippen MR) is 102 cm³/mol. The zero-order chi connectivity index (χ0) is 20.9. The molecule has 0 bridgehead atoms. The average Bonchev–Trinajstić information content (AvgIpc) is 2.60. The van der Waals surface area contributed by atoms with Gasteiger partial charge in [0.2, 0.25) is 0 Å². The lowest BCUT2D eigenvalue weighted by molar-refractivity contribution is 0.0216. The van der Waals surface area contributed by atoms with Crippen LogP contribution in [0.2, 0.25) is 0 Å². The zero-order valence-corrected chi connectivity index (χ0v) is 16.0. The first kappa shape index (κ1) is 21.0. The minimum Gasteiger partial charge on any atom is -0.478 e. The Bertz CT molecular complexity index is 790. The summed E-state index contributed by atoms with van der Waals surface area (Å²) in [6, 6.07) is 12.5. The van der Waals surface area contributed by atoms with Crippen molar-refractivity contribution >= 4 is 18.0 Å². The van der Waals surface area contributed by atoms with Crippen LogP contribution in [-0.4, -0.2) is 38.7 Å². The van der Waals surface area contributed by atoms with E-state index in [0.29, 0.717) is 0 Å². The van der Waals surface area contributed by atoms with Crippen LogP contribution in [0, 0.1) is 0 Å². The van der Waals surface area contributed by atoms with Gasteiger partial charge in [-0.1, -0.05) is 24.3 Å². The fraction of sp³-hybridized carbons (Fsp3) is 0.286. The molecule has 0 fully saturated rings. The highest BCUT2D eigenvalue weighted by Gasteiger charge is 2.23. The van der Waals surface area contributed by atoms with Gasteiger partial charge in [0.15, 0.2) is 0 Å². The number of carboxylic acids is 2. The number of nitrogens with zero attached hydrogens (tertiary/aromatic N) is 1. The van der Waals surface area contributed by atoms with Gasteiger partial charge in [0, 0.05) is 13.1 Å². The molecule has 28 heavy (non-hydrogen) atoms. The van der Waals surface area contributed by atoms with Crippen molar-refractivity contribution in [3.05, 3.63) is 70.8 Å². The predicted octanol–water partition coefficient (Wildman–Crippen LogP) is 4.02. The van der Waals surface area contributed by atoms with Gasteiger partial charge in [0.25, 0.3) is 0 Å². The van der Waals surface area contributed by atoms with Crippen LogP contribution in [-0.2, 0) is 17.8 Å². The first-order valence-electron chi connectivity index (χ1n) is 8.67. The van der Waals surface area contributed by atoms with Crippen LogP contribution in [0.25, 0.3) is 0 Å². The number of carboxylic acid groups (broad SMARTS) is 2. The van der Waals surface area contributed by atoms with Gasteiger partial charge >= 0.3 is 18.0 Å². The van der Waals surface area contributed by atoms with Crippen LogP contribution in [0.5, 0.6) is 0 Å². The van der Waals surface area contributed by atoms with E-state index in [1.165, 1.54) is 29.2 Å². The topological polar surface area (TPSA) is 104 Å². The summed E-state index contributed by atoms with van der Waals surface area (Å²) in [5.74, 6) is -2.04. The molecule has 1 amide bonds. The van der Waals surface area contributed by atoms with Crippen LogP contribution >= 0.6 is 0 Å². The molecule has 0 saturated carbocycles. The molecule has 7 nitrogen and oxygen atoms in total. The SMILES string of the molecule is CC(C)(C)OC(=O)N(Cc1ccc(C(=O)O)cc1)Cc1ccc(C(=O)O)cc1. The third-order valence-corrected chi connectivity index (χ3v) is 3.80. The minimum atomic E-state index is -1.02. The van der Waals surface area contributed by atoms with Gasteiger partial charge in [-0.25, -0.2) is 14.4 Å².